The lowest BCUT2D eigenvalue weighted by atomic mass is 9.59. The molecule has 0 unspecified atom stereocenters. The SMILES string of the molecule is CN1CC=C2C(C(=O)O)=C(N)C(C#N)(C#N)[C@H](c3ccco3)[C@H]2C1. The third kappa shape index (κ3) is 2.03. The van der Waals surface area contributed by atoms with Crippen molar-refractivity contribution in [3.63, 3.8) is 0 Å². The van der Waals surface area contributed by atoms with Crippen LogP contribution in [0.5, 0.6) is 0 Å². The van der Waals surface area contributed by atoms with Crippen LogP contribution in [0, 0.1) is 34.0 Å². The highest BCUT2D eigenvalue weighted by atomic mass is 16.4. The van der Waals surface area contributed by atoms with Crippen molar-refractivity contribution >= 4 is 5.97 Å². The number of carbonyl (C=O) groups is 1. The van der Waals surface area contributed by atoms with Gasteiger partial charge in [-0.3, -0.25) is 0 Å². The van der Waals surface area contributed by atoms with E-state index in [1.54, 1.807) is 18.2 Å². The van der Waals surface area contributed by atoms with Crippen molar-refractivity contribution < 1.29 is 14.3 Å². The maximum Gasteiger partial charge on any atom is 0.337 e. The van der Waals surface area contributed by atoms with E-state index in [1.807, 2.05) is 24.1 Å². The number of carboxylic acid groups (broad SMARTS) is 1. The molecule has 0 saturated heterocycles. The van der Waals surface area contributed by atoms with Crippen LogP contribution in [0.3, 0.4) is 0 Å². The highest BCUT2D eigenvalue weighted by molar-refractivity contribution is 5.94. The monoisotopic (exact) mass is 324 g/mol. The number of rotatable bonds is 2. The summed E-state index contributed by atoms with van der Waals surface area (Å²) >= 11 is 0. The Balaban J connectivity index is 2.35. The van der Waals surface area contributed by atoms with E-state index in [1.165, 1.54) is 6.26 Å². The van der Waals surface area contributed by atoms with Crippen molar-refractivity contribution in [2.24, 2.45) is 17.1 Å². The molecular weight excluding hydrogens is 308 g/mol. The zero-order valence-electron chi connectivity index (χ0n) is 13.1. The van der Waals surface area contributed by atoms with Gasteiger partial charge >= 0.3 is 5.97 Å². The number of fused-ring (bicyclic) bond motifs is 1. The Morgan fingerprint density at radius 3 is 2.75 bits per heavy atom. The Bertz CT molecular complexity index is 809. The van der Waals surface area contributed by atoms with Crippen LogP contribution >= 0.6 is 0 Å². The van der Waals surface area contributed by atoms with Gasteiger partial charge in [-0.05, 0) is 24.8 Å². The third-order valence-corrected chi connectivity index (χ3v) is 4.80. The number of hydrogen-bond donors (Lipinski definition) is 2. The van der Waals surface area contributed by atoms with Crippen LogP contribution in [0.4, 0.5) is 0 Å². The number of nitrogens with zero attached hydrogens (tertiary/aromatic N) is 3. The molecule has 3 N–H and O–H groups in total. The van der Waals surface area contributed by atoms with Gasteiger partial charge in [-0.15, -0.1) is 0 Å². The summed E-state index contributed by atoms with van der Waals surface area (Å²) in [4.78, 5) is 13.8. The van der Waals surface area contributed by atoms with Crippen LogP contribution in [-0.2, 0) is 4.79 Å². The van der Waals surface area contributed by atoms with E-state index in [-0.39, 0.29) is 17.2 Å². The smallest absolute Gasteiger partial charge is 0.337 e. The molecule has 1 aliphatic heterocycles. The molecule has 0 aromatic carbocycles. The number of furan rings is 1. The molecule has 0 amide bonds. The lowest BCUT2D eigenvalue weighted by Crippen LogP contribution is -2.48. The minimum Gasteiger partial charge on any atom is -0.478 e. The molecule has 24 heavy (non-hydrogen) atoms. The van der Waals surface area contributed by atoms with E-state index in [2.05, 4.69) is 0 Å². The van der Waals surface area contributed by atoms with Gasteiger partial charge in [0.05, 0.1) is 35.6 Å². The van der Waals surface area contributed by atoms with Crippen LogP contribution in [0.1, 0.15) is 11.7 Å². The zero-order chi connectivity index (χ0) is 17.5. The van der Waals surface area contributed by atoms with Gasteiger partial charge in [0.25, 0.3) is 0 Å². The summed E-state index contributed by atoms with van der Waals surface area (Å²) in [5, 5.41) is 29.2. The van der Waals surface area contributed by atoms with Crippen molar-refractivity contribution in [1.82, 2.24) is 4.90 Å². The summed E-state index contributed by atoms with van der Waals surface area (Å²) in [6.45, 7) is 1.08. The number of nitriles is 2. The topological polar surface area (TPSA) is 127 Å². The zero-order valence-corrected chi connectivity index (χ0v) is 13.1. The van der Waals surface area contributed by atoms with E-state index in [0.29, 0.717) is 24.4 Å². The van der Waals surface area contributed by atoms with Gasteiger partial charge in [0.15, 0.2) is 5.41 Å². The summed E-state index contributed by atoms with van der Waals surface area (Å²) in [5.41, 5.74) is 4.52. The molecule has 122 valence electrons. The first kappa shape index (κ1) is 15.9. The fourth-order valence-electron chi connectivity index (χ4n) is 3.71. The number of hydrogen-bond acceptors (Lipinski definition) is 6. The molecule has 2 aliphatic rings. The second kappa shape index (κ2) is 5.55. The molecule has 1 aromatic heterocycles. The lowest BCUT2D eigenvalue weighted by molar-refractivity contribution is -0.132. The van der Waals surface area contributed by atoms with E-state index < -0.39 is 17.3 Å². The minimum absolute atomic E-state index is 0.126. The Morgan fingerprint density at radius 2 is 2.21 bits per heavy atom. The molecule has 0 spiro atoms. The first-order valence-electron chi connectivity index (χ1n) is 7.44. The van der Waals surface area contributed by atoms with E-state index in [9.17, 15) is 20.4 Å². The van der Waals surface area contributed by atoms with E-state index >= 15 is 0 Å². The van der Waals surface area contributed by atoms with Gasteiger partial charge in [0, 0.05) is 19.0 Å². The van der Waals surface area contributed by atoms with Gasteiger partial charge in [0.2, 0.25) is 0 Å². The Morgan fingerprint density at radius 1 is 1.50 bits per heavy atom. The minimum atomic E-state index is -1.79. The second-order valence-electron chi connectivity index (χ2n) is 6.11. The van der Waals surface area contributed by atoms with Gasteiger partial charge in [-0.1, -0.05) is 6.08 Å². The number of likely N-dealkylation sites (N-methyl/N-ethyl adjacent to an activating group) is 1. The van der Waals surface area contributed by atoms with E-state index in [0.717, 1.165) is 0 Å². The molecule has 7 nitrogen and oxygen atoms in total. The summed E-state index contributed by atoms with van der Waals surface area (Å²) < 4.78 is 5.49. The first-order chi connectivity index (χ1) is 11.5. The van der Waals surface area contributed by atoms with Crippen LogP contribution in [0.15, 0.2) is 45.7 Å². The predicted molar refractivity (Wildman–Crippen MR) is 83.0 cm³/mol. The highest BCUT2D eigenvalue weighted by Crippen LogP contribution is 2.54. The second-order valence-corrected chi connectivity index (χ2v) is 6.11. The van der Waals surface area contributed by atoms with E-state index in [4.69, 9.17) is 10.2 Å². The quantitative estimate of drug-likeness (QED) is 0.836. The van der Waals surface area contributed by atoms with Crippen molar-refractivity contribution in [2.75, 3.05) is 20.1 Å². The van der Waals surface area contributed by atoms with Gasteiger partial charge in [-0.2, -0.15) is 10.5 Å². The normalized spacial score (nSPS) is 26.0. The Kier molecular flexibility index (Phi) is 3.67. The highest BCUT2D eigenvalue weighted by Gasteiger charge is 2.56. The fourth-order valence-corrected chi connectivity index (χ4v) is 3.71. The number of allylic oxidation sites excluding steroid dienone is 1. The molecule has 7 heteroatoms. The molecule has 2 atom stereocenters. The number of nitrogens with two attached hydrogens (primary N) is 1. The standard InChI is InChI=1S/C17H16N4O3/c1-21-5-4-10-11(7-21)14(12-3-2-6-24-12)17(8-18,9-19)15(20)13(10)16(22)23/h2-4,6,11,14H,5,7,20H2,1H3,(H,22,23)/t11-,14-/m0/s1. The van der Waals surface area contributed by atoms with Crippen molar-refractivity contribution in [3.05, 3.63) is 47.1 Å². The lowest BCUT2D eigenvalue weighted by Gasteiger charge is -2.44. The van der Waals surface area contributed by atoms with Crippen molar-refractivity contribution in [2.45, 2.75) is 5.92 Å². The molecule has 1 aliphatic carbocycles. The summed E-state index contributed by atoms with van der Waals surface area (Å²) in [6.07, 6.45) is 3.27. The summed E-state index contributed by atoms with van der Waals surface area (Å²) in [6, 6.07) is 7.32. The molecule has 3 rings (SSSR count). The molecule has 0 fully saturated rings. The van der Waals surface area contributed by atoms with Gasteiger partial charge in [-0.25, -0.2) is 4.79 Å². The Hall–Kier alpha value is -3.03. The number of aliphatic carboxylic acids is 1. The fraction of sp³-hybridized carbons (Fsp3) is 0.353. The molecular formula is C17H16N4O3. The molecule has 1 aromatic rings. The first-order valence-corrected chi connectivity index (χ1v) is 7.44. The average Bonchev–Trinajstić information content (AvgIpc) is 3.07. The average molecular weight is 324 g/mol. The Labute approximate surface area is 138 Å². The largest absolute Gasteiger partial charge is 0.478 e. The van der Waals surface area contributed by atoms with Gasteiger partial charge in [0.1, 0.15) is 5.76 Å². The van der Waals surface area contributed by atoms with Crippen molar-refractivity contribution in [3.8, 4) is 12.1 Å². The van der Waals surface area contributed by atoms with Crippen molar-refractivity contribution in [1.29, 1.82) is 10.5 Å². The molecule has 0 radical (unpaired) electrons. The molecule has 0 saturated carbocycles. The van der Waals surface area contributed by atoms with Crippen LogP contribution in [0.25, 0.3) is 0 Å². The molecule has 0 bridgehead atoms. The maximum absolute atomic E-state index is 11.8. The summed E-state index contributed by atoms with van der Waals surface area (Å²) in [5.74, 6) is -1.80. The number of carboxylic acids is 1. The van der Waals surface area contributed by atoms with Gasteiger partial charge < -0.3 is 20.2 Å². The molecule has 2 heterocycles. The van der Waals surface area contributed by atoms with Crippen LogP contribution < -0.4 is 5.73 Å². The third-order valence-electron chi connectivity index (χ3n) is 4.80. The maximum atomic E-state index is 11.8. The predicted octanol–water partition coefficient (Wildman–Crippen LogP) is 1.20. The van der Waals surface area contributed by atoms with Crippen LogP contribution in [0.2, 0.25) is 0 Å². The van der Waals surface area contributed by atoms with Crippen LogP contribution in [-0.4, -0.2) is 36.1 Å². The summed E-state index contributed by atoms with van der Waals surface area (Å²) in [7, 11) is 1.90.